The van der Waals surface area contributed by atoms with Crippen molar-refractivity contribution in [1.82, 2.24) is 0 Å². The van der Waals surface area contributed by atoms with E-state index in [1.807, 2.05) is 19.9 Å². The molecular weight excluding hydrogens is 190 g/mol. The summed E-state index contributed by atoms with van der Waals surface area (Å²) in [5, 5.41) is 0. The molecule has 3 heteroatoms. The second-order valence-electron chi connectivity index (χ2n) is 3.60. The van der Waals surface area contributed by atoms with E-state index < -0.39 is 0 Å². The van der Waals surface area contributed by atoms with Gasteiger partial charge in [0.1, 0.15) is 6.29 Å². The molecule has 0 aliphatic carbocycles. The van der Waals surface area contributed by atoms with E-state index in [-0.39, 0.29) is 18.6 Å². The number of benzene rings is 1. The predicted octanol–water partition coefficient (Wildman–Crippen LogP) is 2.05. The van der Waals surface area contributed by atoms with Crippen molar-refractivity contribution in [2.45, 2.75) is 26.7 Å². The molecule has 0 aromatic heterocycles. The summed E-state index contributed by atoms with van der Waals surface area (Å²) < 4.78 is 0. The van der Waals surface area contributed by atoms with E-state index in [2.05, 4.69) is 0 Å². The van der Waals surface area contributed by atoms with Crippen LogP contribution in [-0.4, -0.2) is 12.1 Å². The molecule has 0 unspecified atom stereocenters. The average molecular weight is 205 g/mol. The highest BCUT2D eigenvalue weighted by atomic mass is 16.1. The van der Waals surface area contributed by atoms with Crippen molar-refractivity contribution in [3.05, 3.63) is 28.8 Å². The zero-order chi connectivity index (χ0) is 11.4. The second-order valence-corrected chi connectivity index (χ2v) is 3.60. The van der Waals surface area contributed by atoms with Crippen molar-refractivity contribution in [2.75, 3.05) is 5.73 Å². The molecule has 15 heavy (non-hydrogen) atoms. The molecule has 1 aromatic rings. The van der Waals surface area contributed by atoms with Gasteiger partial charge in [0.2, 0.25) is 0 Å². The third kappa shape index (κ3) is 2.43. The summed E-state index contributed by atoms with van der Waals surface area (Å²) in [6.07, 6.45) is 1.28. The number of aldehydes is 1. The molecule has 0 fully saturated rings. The molecule has 1 aromatic carbocycles. The van der Waals surface area contributed by atoms with Crippen molar-refractivity contribution in [1.29, 1.82) is 0 Å². The van der Waals surface area contributed by atoms with Gasteiger partial charge in [-0.1, -0.05) is 12.1 Å². The van der Waals surface area contributed by atoms with Crippen LogP contribution in [0.2, 0.25) is 0 Å². The molecule has 0 saturated heterocycles. The van der Waals surface area contributed by atoms with E-state index in [0.717, 1.165) is 17.4 Å². The molecule has 1 rings (SSSR count). The first-order valence-electron chi connectivity index (χ1n) is 4.90. The Bertz CT molecular complexity index is 397. The smallest absolute Gasteiger partial charge is 0.163 e. The quantitative estimate of drug-likeness (QED) is 0.465. The van der Waals surface area contributed by atoms with Gasteiger partial charge in [-0.25, -0.2) is 0 Å². The van der Waals surface area contributed by atoms with E-state index in [1.54, 1.807) is 6.07 Å². The number of aryl methyl sites for hydroxylation is 1. The fourth-order valence-electron chi connectivity index (χ4n) is 1.49. The molecular formula is C12H15NO2. The number of nitrogen functional groups attached to an aromatic ring is 1. The molecule has 0 spiro atoms. The largest absolute Gasteiger partial charge is 0.398 e. The van der Waals surface area contributed by atoms with Gasteiger partial charge in [0.25, 0.3) is 0 Å². The second kappa shape index (κ2) is 4.73. The van der Waals surface area contributed by atoms with Crippen LogP contribution in [0.25, 0.3) is 0 Å². The van der Waals surface area contributed by atoms with Crippen molar-refractivity contribution < 1.29 is 9.59 Å². The van der Waals surface area contributed by atoms with Crippen molar-refractivity contribution in [3.8, 4) is 0 Å². The summed E-state index contributed by atoms with van der Waals surface area (Å²) in [5.41, 5.74) is 8.89. The lowest BCUT2D eigenvalue weighted by Gasteiger charge is -2.09. The highest BCUT2D eigenvalue weighted by Gasteiger charge is 2.11. The number of carbonyl (C=O) groups excluding carboxylic acids is 2. The highest BCUT2D eigenvalue weighted by Crippen LogP contribution is 2.21. The number of nitrogens with two attached hydrogens (primary N) is 1. The van der Waals surface area contributed by atoms with Crippen molar-refractivity contribution >= 4 is 17.8 Å². The Morgan fingerprint density at radius 3 is 2.67 bits per heavy atom. The number of Topliss-reactive ketones (excluding diaryl/α,β-unsaturated/α-hetero) is 1. The Balaban J connectivity index is 3.00. The first-order valence-corrected chi connectivity index (χ1v) is 4.90. The number of hydrogen-bond acceptors (Lipinski definition) is 3. The van der Waals surface area contributed by atoms with Crippen LogP contribution >= 0.6 is 0 Å². The maximum absolute atomic E-state index is 11.7. The van der Waals surface area contributed by atoms with Crippen LogP contribution in [0, 0.1) is 13.8 Å². The Hall–Kier alpha value is -1.64. The molecule has 2 N–H and O–H groups in total. The number of carbonyl (C=O) groups is 2. The first-order chi connectivity index (χ1) is 7.07. The van der Waals surface area contributed by atoms with Crippen LogP contribution in [-0.2, 0) is 4.79 Å². The summed E-state index contributed by atoms with van der Waals surface area (Å²) in [6, 6.07) is 3.60. The monoisotopic (exact) mass is 205 g/mol. The highest BCUT2D eigenvalue weighted by molar-refractivity contribution is 5.99. The van der Waals surface area contributed by atoms with Crippen LogP contribution in [0.15, 0.2) is 12.1 Å². The maximum Gasteiger partial charge on any atom is 0.163 e. The number of ketones is 1. The molecule has 0 amide bonds. The summed E-state index contributed by atoms with van der Waals surface area (Å²) >= 11 is 0. The van der Waals surface area contributed by atoms with Gasteiger partial charge in [-0.15, -0.1) is 0 Å². The Morgan fingerprint density at radius 1 is 1.40 bits per heavy atom. The SMILES string of the molecule is Cc1ccc(C(=O)CCC=O)c(C)c1N. The predicted molar refractivity (Wildman–Crippen MR) is 60.0 cm³/mol. The van der Waals surface area contributed by atoms with Gasteiger partial charge in [-0.3, -0.25) is 4.79 Å². The topological polar surface area (TPSA) is 60.2 Å². The van der Waals surface area contributed by atoms with Gasteiger partial charge in [0.15, 0.2) is 5.78 Å². The van der Waals surface area contributed by atoms with E-state index in [9.17, 15) is 9.59 Å². The summed E-state index contributed by atoms with van der Waals surface area (Å²) in [4.78, 5) is 21.8. The minimum atomic E-state index is -0.0219. The third-order valence-electron chi connectivity index (χ3n) is 2.52. The average Bonchev–Trinajstić information content (AvgIpc) is 2.23. The third-order valence-corrected chi connectivity index (χ3v) is 2.52. The zero-order valence-corrected chi connectivity index (χ0v) is 9.04. The van der Waals surface area contributed by atoms with E-state index in [1.165, 1.54) is 0 Å². The summed E-state index contributed by atoms with van der Waals surface area (Å²) in [7, 11) is 0. The fourth-order valence-corrected chi connectivity index (χ4v) is 1.49. The molecule has 80 valence electrons. The van der Waals surface area contributed by atoms with Gasteiger partial charge in [-0.2, -0.15) is 0 Å². The minimum Gasteiger partial charge on any atom is -0.398 e. The maximum atomic E-state index is 11.7. The summed E-state index contributed by atoms with van der Waals surface area (Å²) in [5.74, 6) is -0.0219. The van der Waals surface area contributed by atoms with Crippen molar-refractivity contribution in [2.24, 2.45) is 0 Å². The van der Waals surface area contributed by atoms with Gasteiger partial charge in [0.05, 0.1) is 0 Å². The van der Waals surface area contributed by atoms with Gasteiger partial charge < -0.3 is 10.5 Å². The van der Waals surface area contributed by atoms with Crippen LogP contribution in [0.1, 0.15) is 34.3 Å². The van der Waals surface area contributed by atoms with Gasteiger partial charge >= 0.3 is 0 Å². The van der Waals surface area contributed by atoms with E-state index in [0.29, 0.717) is 11.3 Å². The number of rotatable bonds is 4. The Labute approximate surface area is 89.3 Å². The Morgan fingerprint density at radius 2 is 2.07 bits per heavy atom. The minimum absolute atomic E-state index is 0.0219. The molecule has 0 radical (unpaired) electrons. The van der Waals surface area contributed by atoms with Crippen LogP contribution in [0.5, 0.6) is 0 Å². The molecule has 0 aliphatic heterocycles. The molecule has 0 bridgehead atoms. The number of hydrogen-bond donors (Lipinski definition) is 1. The standard InChI is InChI=1S/C12H15NO2/c1-8-5-6-10(9(2)12(8)13)11(15)4-3-7-14/h5-7H,3-4,13H2,1-2H3. The lowest BCUT2D eigenvalue weighted by Crippen LogP contribution is -2.05. The van der Waals surface area contributed by atoms with Crippen LogP contribution in [0.3, 0.4) is 0 Å². The Kier molecular flexibility index (Phi) is 3.61. The van der Waals surface area contributed by atoms with E-state index in [4.69, 9.17) is 5.73 Å². The lowest BCUT2D eigenvalue weighted by molar-refractivity contribution is -0.107. The van der Waals surface area contributed by atoms with Crippen LogP contribution in [0.4, 0.5) is 5.69 Å². The van der Waals surface area contributed by atoms with Gasteiger partial charge in [0, 0.05) is 24.1 Å². The normalized spacial score (nSPS) is 10.0. The van der Waals surface area contributed by atoms with Crippen molar-refractivity contribution in [3.63, 3.8) is 0 Å². The lowest BCUT2D eigenvalue weighted by atomic mass is 9.98. The zero-order valence-electron chi connectivity index (χ0n) is 9.04. The molecule has 0 atom stereocenters. The summed E-state index contributed by atoms with van der Waals surface area (Å²) in [6.45, 7) is 3.73. The molecule has 0 saturated carbocycles. The first kappa shape index (κ1) is 11.4. The van der Waals surface area contributed by atoms with E-state index >= 15 is 0 Å². The molecule has 0 aliphatic rings. The molecule has 3 nitrogen and oxygen atoms in total. The number of anilines is 1. The van der Waals surface area contributed by atoms with Gasteiger partial charge in [-0.05, 0) is 25.0 Å². The molecule has 0 heterocycles. The van der Waals surface area contributed by atoms with Crippen LogP contribution < -0.4 is 5.73 Å². The fraction of sp³-hybridized carbons (Fsp3) is 0.333.